The average molecular weight is 335 g/mol. The molecule has 0 fully saturated rings. The number of methoxy groups -OCH3 is 1. The molecule has 4 heterocycles. The van der Waals surface area contributed by atoms with Gasteiger partial charge in [0.15, 0.2) is 11.5 Å². The van der Waals surface area contributed by atoms with Crippen LogP contribution in [0.2, 0.25) is 0 Å². The van der Waals surface area contributed by atoms with Gasteiger partial charge >= 0.3 is 0 Å². The summed E-state index contributed by atoms with van der Waals surface area (Å²) in [6.45, 7) is 1.78. The second-order valence-electron chi connectivity index (χ2n) is 5.73. The summed E-state index contributed by atoms with van der Waals surface area (Å²) in [5.41, 5.74) is 4.34. The predicted molar refractivity (Wildman–Crippen MR) is 85.9 cm³/mol. The summed E-state index contributed by atoms with van der Waals surface area (Å²) in [4.78, 5) is 8.81. The Hall–Kier alpha value is -3.49. The lowest BCUT2D eigenvalue weighted by atomic mass is 10.2. The lowest BCUT2D eigenvalue weighted by molar-refractivity contribution is 0.414. The van der Waals surface area contributed by atoms with Crippen molar-refractivity contribution < 1.29 is 9.26 Å². The summed E-state index contributed by atoms with van der Waals surface area (Å²) in [7, 11) is 1.64. The minimum Gasteiger partial charge on any atom is -0.497 e. The van der Waals surface area contributed by atoms with Gasteiger partial charge in [-0.1, -0.05) is 10.4 Å². The van der Waals surface area contributed by atoms with E-state index in [-0.39, 0.29) is 0 Å². The highest BCUT2D eigenvalue weighted by molar-refractivity contribution is 5.62. The summed E-state index contributed by atoms with van der Waals surface area (Å²) >= 11 is 0. The van der Waals surface area contributed by atoms with Crippen molar-refractivity contribution >= 4 is 0 Å². The molecule has 0 saturated carbocycles. The van der Waals surface area contributed by atoms with Crippen LogP contribution in [0.5, 0.6) is 5.75 Å². The van der Waals surface area contributed by atoms with E-state index in [1.54, 1.807) is 26.6 Å². The third kappa shape index (κ3) is 1.98. The molecule has 0 aliphatic carbocycles. The first-order valence-electron chi connectivity index (χ1n) is 7.70. The molecule has 0 atom stereocenters. The normalized spacial score (nSPS) is 12.2. The third-order valence-corrected chi connectivity index (χ3v) is 4.24. The molecular weight excluding hydrogens is 322 g/mol. The minimum atomic E-state index is 0.405. The Balaban J connectivity index is 1.79. The maximum absolute atomic E-state index is 5.36. The van der Waals surface area contributed by atoms with Gasteiger partial charge in [0.2, 0.25) is 0 Å². The Morgan fingerprint density at radius 3 is 2.96 bits per heavy atom. The molecular formula is C16H13N7O2. The Morgan fingerprint density at radius 1 is 1.24 bits per heavy atom. The van der Waals surface area contributed by atoms with Crippen LogP contribution < -0.4 is 4.74 Å². The van der Waals surface area contributed by atoms with E-state index in [9.17, 15) is 0 Å². The van der Waals surface area contributed by atoms with Gasteiger partial charge in [0.05, 0.1) is 36.1 Å². The molecule has 124 valence electrons. The number of ether oxygens (including phenoxy) is 1. The van der Waals surface area contributed by atoms with Crippen LogP contribution in [-0.4, -0.2) is 41.8 Å². The van der Waals surface area contributed by atoms with Crippen molar-refractivity contribution in [3.05, 3.63) is 47.9 Å². The van der Waals surface area contributed by atoms with Crippen LogP contribution in [0.1, 0.15) is 17.2 Å². The lowest BCUT2D eigenvalue weighted by Gasteiger charge is -2.11. The topological polar surface area (TPSA) is 96.7 Å². The molecule has 9 heteroatoms. The summed E-state index contributed by atoms with van der Waals surface area (Å²) in [6.07, 6.45) is 4.09. The molecule has 4 aromatic rings. The summed E-state index contributed by atoms with van der Waals surface area (Å²) in [5, 5.41) is 12.1. The third-order valence-electron chi connectivity index (χ3n) is 4.24. The van der Waals surface area contributed by atoms with Crippen molar-refractivity contribution in [1.29, 1.82) is 0 Å². The highest BCUT2D eigenvalue weighted by atomic mass is 16.5. The molecule has 0 N–H and O–H groups in total. The van der Waals surface area contributed by atoms with E-state index in [0.29, 0.717) is 23.8 Å². The number of benzene rings is 1. The maximum Gasteiger partial charge on any atom is 0.278 e. The second kappa shape index (κ2) is 5.00. The summed E-state index contributed by atoms with van der Waals surface area (Å²) < 4.78 is 14.5. The largest absolute Gasteiger partial charge is 0.497 e. The van der Waals surface area contributed by atoms with Crippen LogP contribution in [0.15, 0.2) is 35.2 Å². The van der Waals surface area contributed by atoms with Crippen molar-refractivity contribution in [2.45, 2.75) is 13.3 Å². The van der Waals surface area contributed by atoms with E-state index in [1.807, 2.05) is 27.4 Å². The first kappa shape index (κ1) is 13.9. The van der Waals surface area contributed by atoms with Crippen LogP contribution in [0, 0.1) is 6.92 Å². The fourth-order valence-electron chi connectivity index (χ4n) is 3.08. The van der Waals surface area contributed by atoms with Gasteiger partial charge in [-0.2, -0.15) is 4.98 Å². The Morgan fingerprint density at radius 2 is 2.16 bits per heavy atom. The first-order chi connectivity index (χ1) is 12.2. The molecule has 0 bridgehead atoms. The van der Waals surface area contributed by atoms with E-state index in [1.165, 1.54) is 0 Å². The van der Waals surface area contributed by atoms with Crippen LogP contribution in [-0.2, 0) is 6.42 Å². The van der Waals surface area contributed by atoms with E-state index in [0.717, 1.165) is 28.5 Å². The van der Waals surface area contributed by atoms with Crippen molar-refractivity contribution in [2.75, 3.05) is 7.11 Å². The zero-order chi connectivity index (χ0) is 17.0. The van der Waals surface area contributed by atoms with E-state index < -0.39 is 0 Å². The van der Waals surface area contributed by atoms with Gasteiger partial charge in [0.1, 0.15) is 12.1 Å². The number of aromatic nitrogens is 7. The highest BCUT2D eigenvalue weighted by Gasteiger charge is 2.26. The quantitative estimate of drug-likeness (QED) is 0.484. The van der Waals surface area contributed by atoms with Crippen molar-refractivity contribution in [1.82, 2.24) is 34.7 Å². The monoisotopic (exact) mass is 335 g/mol. The second-order valence-corrected chi connectivity index (χ2v) is 5.73. The number of nitrogens with zero attached hydrogens (tertiary/aromatic N) is 7. The molecule has 1 aliphatic rings. The highest BCUT2D eigenvalue weighted by Crippen LogP contribution is 2.33. The molecule has 5 rings (SSSR count). The van der Waals surface area contributed by atoms with Gasteiger partial charge in [-0.15, -0.1) is 5.10 Å². The Labute approximate surface area is 141 Å². The fraction of sp³-hybridized carbons (Fsp3) is 0.188. The van der Waals surface area contributed by atoms with Gasteiger partial charge in [0.25, 0.3) is 5.89 Å². The smallest absolute Gasteiger partial charge is 0.278 e. The van der Waals surface area contributed by atoms with Gasteiger partial charge in [-0.05, 0) is 19.1 Å². The van der Waals surface area contributed by atoms with E-state index >= 15 is 0 Å². The number of aryl methyl sites for hydroxylation is 1. The number of hydrogen-bond acceptors (Lipinski definition) is 7. The van der Waals surface area contributed by atoms with Crippen molar-refractivity contribution in [3.8, 4) is 28.7 Å². The molecule has 25 heavy (non-hydrogen) atoms. The van der Waals surface area contributed by atoms with Crippen molar-refractivity contribution in [2.24, 2.45) is 0 Å². The molecule has 1 aromatic carbocycles. The number of hydrogen-bond donors (Lipinski definition) is 0. The SMILES string of the molecule is COc1ccc2c(c1)-n1nncc1Cc1c(-c3nc(C)no3)ncn1-2. The van der Waals surface area contributed by atoms with Crippen LogP contribution >= 0.6 is 0 Å². The molecule has 0 unspecified atom stereocenters. The van der Waals surface area contributed by atoms with Gasteiger partial charge < -0.3 is 9.26 Å². The molecule has 0 spiro atoms. The molecule has 0 radical (unpaired) electrons. The maximum atomic E-state index is 5.36. The van der Waals surface area contributed by atoms with Crippen LogP contribution in [0.4, 0.5) is 0 Å². The van der Waals surface area contributed by atoms with E-state index in [2.05, 4.69) is 25.4 Å². The number of rotatable bonds is 2. The molecule has 0 saturated heterocycles. The Bertz CT molecular complexity index is 1090. The molecule has 0 amide bonds. The first-order valence-corrected chi connectivity index (χ1v) is 7.70. The Kier molecular flexibility index (Phi) is 2.78. The summed E-state index contributed by atoms with van der Waals surface area (Å²) in [5.74, 6) is 1.72. The predicted octanol–water partition coefficient (Wildman–Crippen LogP) is 1.72. The zero-order valence-corrected chi connectivity index (χ0v) is 13.5. The number of fused-ring (bicyclic) bond motifs is 5. The molecule has 9 nitrogen and oxygen atoms in total. The molecule has 1 aliphatic heterocycles. The van der Waals surface area contributed by atoms with Gasteiger partial charge in [0, 0.05) is 12.5 Å². The minimum absolute atomic E-state index is 0.405. The average Bonchev–Trinajstić information content (AvgIpc) is 3.34. The zero-order valence-electron chi connectivity index (χ0n) is 13.5. The standard InChI is InChI=1S/C16H13N7O2/c1-9-19-16(25-20-9)15-14-5-10-7-18-21-23(10)13-6-11(24-2)3-4-12(13)22(14)8-17-15/h3-4,6-8H,5H2,1-2H3. The van der Waals surface area contributed by atoms with Crippen molar-refractivity contribution in [3.63, 3.8) is 0 Å². The summed E-state index contributed by atoms with van der Waals surface area (Å²) in [6, 6.07) is 5.80. The van der Waals surface area contributed by atoms with Gasteiger partial charge in [-0.3, -0.25) is 4.57 Å². The molecule has 3 aromatic heterocycles. The van der Waals surface area contributed by atoms with Crippen LogP contribution in [0.3, 0.4) is 0 Å². The lowest BCUT2D eigenvalue weighted by Crippen LogP contribution is -2.03. The number of imidazole rings is 1. The van der Waals surface area contributed by atoms with Crippen LogP contribution in [0.25, 0.3) is 23.0 Å². The van der Waals surface area contributed by atoms with Gasteiger partial charge in [-0.25, -0.2) is 9.67 Å². The fourth-order valence-corrected chi connectivity index (χ4v) is 3.08. The van der Waals surface area contributed by atoms with E-state index in [4.69, 9.17) is 9.26 Å².